The topological polar surface area (TPSA) is 41.3 Å². The number of benzene rings is 1. The van der Waals surface area contributed by atoms with Crippen molar-refractivity contribution in [3.8, 4) is 0 Å². The summed E-state index contributed by atoms with van der Waals surface area (Å²) in [5.74, 6) is 0.582. The Kier molecular flexibility index (Phi) is 4.82. The molecule has 0 radical (unpaired) electrons. The molecular formula is C14H25N3. The number of aryl methyl sites for hydroxylation is 1. The van der Waals surface area contributed by atoms with Gasteiger partial charge in [-0.15, -0.1) is 0 Å². The van der Waals surface area contributed by atoms with Crippen LogP contribution in [0.15, 0.2) is 18.2 Å². The summed E-state index contributed by atoms with van der Waals surface area (Å²) >= 11 is 0. The second-order valence-electron chi connectivity index (χ2n) is 5.33. The zero-order valence-electron chi connectivity index (χ0n) is 11.6. The van der Waals surface area contributed by atoms with Gasteiger partial charge in [0.2, 0.25) is 0 Å². The quantitative estimate of drug-likeness (QED) is 0.771. The van der Waals surface area contributed by atoms with Crippen LogP contribution in [0.25, 0.3) is 0 Å². The number of hydrogen-bond acceptors (Lipinski definition) is 3. The summed E-state index contributed by atoms with van der Waals surface area (Å²) in [6.45, 7) is 7.60. The van der Waals surface area contributed by atoms with E-state index in [1.807, 2.05) is 12.1 Å². The van der Waals surface area contributed by atoms with E-state index in [1.54, 1.807) is 0 Å². The molecule has 1 atom stereocenters. The fourth-order valence-corrected chi connectivity index (χ4v) is 1.81. The van der Waals surface area contributed by atoms with Crippen molar-refractivity contribution in [2.45, 2.75) is 26.8 Å². The highest BCUT2D eigenvalue weighted by molar-refractivity contribution is 5.59. The van der Waals surface area contributed by atoms with Crippen LogP contribution >= 0.6 is 0 Å². The van der Waals surface area contributed by atoms with Gasteiger partial charge in [0.25, 0.3) is 0 Å². The van der Waals surface area contributed by atoms with Gasteiger partial charge in [-0.25, -0.2) is 0 Å². The summed E-state index contributed by atoms with van der Waals surface area (Å²) in [6.07, 6.45) is 0. The van der Waals surface area contributed by atoms with Crippen molar-refractivity contribution in [1.82, 2.24) is 4.90 Å². The standard InChI is InChI=1S/C14H25N3/c1-10(2)14(9-17(4)5)16-13-8-12(15)7-6-11(13)3/h6-8,10,14,16H,9,15H2,1-5H3. The molecule has 0 amide bonds. The lowest BCUT2D eigenvalue weighted by Crippen LogP contribution is -2.36. The zero-order chi connectivity index (χ0) is 13.0. The minimum Gasteiger partial charge on any atom is -0.399 e. The van der Waals surface area contributed by atoms with Gasteiger partial charge < -0.3 is 16.0 Å². The summed E-state index contributed by atoms with van der Waals surface area (Å²) in [7, 11) is 4.20. The van der Waals surface area contributed by atoms with E-state index in [0.717, 1.165) is 17.9 Å². The van der Waals surface area contributed by atoms with Crippen LogP contribution in [0.5, 0.6) is 0 Å². The van der Waals surface area contributed by atoms with Crippen molar-refractivity contribution in [1.29, 1.82) is 0 Å². The van der Waals surface area contributed by atoms with Crippen LogP contribution in [-0.2, 0) is 0 Å². The van der Waals surface area contributed by atoms with Gasteiger partial charge in [0.05, 0.1) is 0 Å². The van der Waals surface area contributed by atoms with Crippen molar-refractivity contribution in [3.63, 3.8) is 0 Å². The van der Waals surface area contributed by atoms with E-state index >= 15 is 0 Å². The lowest BCUT2D eigenvalue weighted by Gasteiger charge is -2.27. The fraction of sp³-hybridized carbons (Fsp3) is 0.571. The Labute approximate surface area is 105 Å². The van der Waals surface area contributed by atoms with Crippen LogP contribution in [0, 0.1) is 12.8 Å². The normalized spacial score (nSPS) is 13.1. The third kappa shape index (κ3) is 4.27. The van der Waals surface area contributed by atoms with Gasteiger partial charge in [-0.1, -0.05) is 19.9 Å². The molecule has 0 aliphatic rings. The van der Waals surface area contributed by atoms with E-state index in [4.69, 9.17) is 5.73 Å². The monoisotopic (exact) mass is 235 g/mol. The number of rotatable bonds is 5. The maximum atomic E-state index is 5.83. The molecule has 0 bridgehead atoms. The summed E-state index contributed by atoms with van der Waals surface area (Å²) in [5, 5.41) is 3.60. The van der Waals surface area contributed by atoms with Crippen molar-refractivity contribution in [2.75, 3.05) is 31.7 Å². The number of nitrogen functional groups attached to an aromatic ring is 1. The molecule has 0 saturated heterocycles. The largest absolute Gasteiger partial charge is 0.399 e. The summed E-state index contributed by atoms with van der Waals surface area (Å²) in [5.41, 5.74) is 9.02. The first-order valence-corrected chi connectivity index (χ1v) is 6.17. The van der Waals surface area contributed by atoms with Gasteiger partial charge in [-0.05, 0) is 44.6 Å². The second kappa shape index (κ2) is 5.92. The zero-order valence-corrected chi connectivity index (χ0v) is 11.6. The number of nitrogens with zero attached hydrogens (tertiary/aromatic N) is 1. The van der Waals surface area contributed by atoms with E-state index in [2.05, 4.69) is 51.1 Å². The molecule has 1 aromatic carbocycles. The predicted molar refractivity (Wildman–Crippen MR) is 76.4 cm³/mol. The average molecular weight is 235 g/mol. The van der Waals surface area contributed by atoms with E-state index in [9.17, 15) is 0 Å². The van der Waals surface area contributed by atoms with E-state index in [-0.39, 0.29) is 0 Å². The maximum Gasteiger partial charge on any atom is 0.0411 e. The Hall–Kier alpha value is -1.22. The van der Waals surface area contributed by atoms with Gasteiger partial charge >= 0.3 is 0 Å². The molecular weight excluding hydrogens is 210 g/mol. The fourth-order valence-electron chi connectivity index (χ4n) is 1.81. The minimum atomic E-state index is 0.436. The Morgan fingerprint density at radius 2 is 1.94 bits per heavy atom. The number of nitrogens with one attached hydrogen (secondary N) is 1. The van der Waals surface area contributed by atoms with Crippen LogP contribution in [-0.4, -0.2) is 31.6 Å². The van der Waals surface area contributed by atoms with Gasteiger partial charge in [0, 0.05) is 24.0 Å². The van der Waals surface area contributed by atoms with E-state index in [1.165, 1.54) is 5.56 Å². The highest BCUT2D eigenvalue weighted by Gasteiger charge is 2.14. The molecule has 0 aromatic heterocycles. The molecule has 17 heavy (non-hydrogen) atoms. The van der Waals surface area contributed by atoms with Gasteiger partial charge in [-0.2, -0.15) is 0 Å². The molecule has 0 aliphatic heterocycles. The van der Waals surface area contributed by atoms with Crippen LogP contribution < -0.4 is 11.1 Å². The Bertz CT molecular complexity index is 358. The molecule has 0 fully saturated rings. The van der Waals surface area contributed by atoms with Crippen LogP contribution in [0.1, 0.15) is 19.4 Å². The number of likely N-dealkylation sites (N-methyl/N-ethyl adjacent to an activating group) is 1. The molecule has 1 rings (SSSR count). The first-order chi connectivity index (χ1) is 7.90. The van der Waals surface area contributed by atoms with Crippen molar-refractivity contribution < 1.29 is 0 Å². The minimum absolute atomic E-state index is 0.436. The number of anilines is 2. The van der Waals surface area contributed by atoms with E-state index < -0.39 is 0 Å². The first-order valence-electron chi connectivity index (χ1n) is 6.17. The molecule has 3 heteroatoms. The lowest BCUT2D eigenvalue weighted by atomic mass is 10.0. The molecule has 3 nitrogen and oxygen atoms in total. The SMILES string of the molecule is Cc1ccc(N)cc1NC(CN(C)C)C(C)C. The van der Waals surface area contributed by atoms with Crippen molar-refractivity contribution >= 4 is 11.4 Å². The Morgan fingerprint density at radius 1 is 1.29 bits per heavy atom. The molecule has 96 valence electrons. The molecule has 0 heterocycles. The van der Waals surface area contributed by atoms with E-state index in [0.29, 0.717) is 12.0 Å². The Morgan fingerprint density at radius 3 is 2.47 bits per heavy atom. The highest BCUT2D eigenvalue weighted by Crippen LogP contribution is 2.21. The van der Waals surface area contributed by atoms with Crippen LogP contribution in [0.2, 0.25) is 0 Å². The van der Waals surface area contributed by atoms with Gasteiger partial charge in [0.1, 0.15) is 0 Å². The summed E-state index contributed by atoms with van der Waals surface area (Å²) in [4.78, 5) is 2.21. The molecule has 0 saturated carbocycles. The molecule has 3 N–H and O–H groups in total. The molecule has 1 unspecified atom stereocenters. The summed E-state index contributed by atoms with van der Waals surface area (Å²) < 4.78 is 0. The van der Waals surface area contributed by atoms with Crippen LogP contribution in [0.3, 0.4) is 0 Å². The molecule has 0 aliphatic carbocycles. The predicted octanol–water partition coefficient (Wildman–Crippen LogP) is 2.58. The molecule has 1 aromatic rings. The average Bonchev–Trinajstić information content (AvgIpc) is 2.21. The van der Waals surface area contributed by atoms with Gasteiger partial charge in [0.15, 0.2) is 0 Å². The van der Waals surface area contributed by atoms with Crippen molar-refractivity contribution in [3.05, 3.63) is 23.8 Å². The maximum absolute atomic E-state index is 5.83. The number of nitrogens with two attached hydrogens (primary N) is 1. The lowest BCUT2D eigenvalue weighted by molar-refractivity contribution is 0.344. The van der Waals surface area contributed by atoms with Crippen LogP contribution in [0.4, 0.5) is 11.4 Å². The third-order valence-electron chi connectivity index (χ3n) is 2.97. The second-order valence-corrected chi connectivity index (χ2v) is 5.33. The summed E-state index contributed by atoms with van der Waals surface area (Å²) in [6, 6.07) is 6.45. The third-order valence-corrected chi connectivity index (χ3v) is 2.97. The smallest absolute Gasteiger partial charge is 0.0411 e. The first kappa shape index (κ1) is 13.8. The molecule has 0 spiro atoms. The van der Waals surface area contributed by atoms with Gasteiger partial charge in [-0.3, -0.25) is 0 Å². The number of hydrogen-bond donors (Lipinski definition) is 2. The van der Waals surface area contributed by atoms with Crippen molar-refractivity contribution in [2.24, 2.45) is 5.92 Å². The Balaban J connectivity index is 2.81. The highest BCUT2D eigenvalue weighted by atomic mass is 15.1.